The summed E-state index contributed by atoms with van der Waals surface area (Å²) in [5.41, 5.74) is 3.80. The second kappa shape index (κ2) is 9.61. The van der Waals surface area contributed by atoms with E-state index >= 15 is 0 Å². The molecule has 0 bridgehead atoms. The fourth-order valence-corrected chi connectivity index (χ4v) is 5.50. The smallest absolute Gasteiger partial charge is 0.414 e. The van der Waals surface area contributed by atoms with Crippen LogP contribution in [0.5, 0.6) is 5.75 Å². The van der Waals surface area contributed by atoms with E-state index in [0.29, 0.717) is 35.1 Å². The monoisotopic (exact) mass is 519 g/mol. The highest BCUT2D eigenvalue weighted by atomic mass is 35.5. The molecule has 0 radical (unpaired) electrons. The van der Waals surface area contributed by atoms with Crippen LogP contribution in [0.25, 0.3) is 21.9 Å². The normalized spacial score (nSPS) is 16.6. The number of hydrogen-bond acceptors (Lipinski definition) is 6. The number of nitrogens with zero attached hydrogens (tertiary/aromatic N) is 2. The number of halogens is 1. The second-order valence-corrected chi connectivity index (χ2v) is 9.84. The van der Waals surface area contributed by atoms with Crippen LogP contribution >= 0.6 is 11.6 Å². The molecule has 37 heavy (non-hydrogen) atoms. The lowest BCUT2D eigenvalue weighted by Gasteiger charge is -2.40. The number of benzene rings is 3. The van der Waals surface area contributed by atoms with Crippen LogP contribution in [0.15, 0.2) is 59.0 Å². The summed E-state index contributed by atoms with van der Waals surface area (Å²) < 4.78 is 16.9. The molecule has 0 spiro atoms. The van der Waals surface area contributed by atoms with E-state index in [4.69, 9.17) is 25.5 Å². The predicted molar refractivity (Wildman–Crippen MR) is 142 cm³/mol. The Bertz CT molecular complexity index is 1510. The molecule has 1 N–H and O–H groups in total. The minimum Gasteiger partial charge on any atom is -0.495 e. The summed E-state index contributed by atoms with van der Waals surface area (Å²) in [5, 5.41) is 5.54. The first kappa shape index (κ1) is 23.6. The molecule has 1 aromatic heterocycles. The van der Waals surface area contributed by atoms with Gasteiger partial charge in [-0.3, -0.25) is 14.6 Å². The maximum atomic E-state index is 13.0. The number of furan rings is 1. The summed E-state index contributed by atoms with van der Waals surface area (Å²) in [7, 11) is 1.58. The van der Waals surface area contributed by atoms with E-state index in [9.17, 15) is 9.59 Å². The van der Waals surface area contributed by atoms with Crippen LogP contribution in [0.2, 0.25) is 5.02 Å². The van der Waals surface area contributed by atoms with Crippen molar-refractivity contribution in [3.8, 4) is 5.75 Å². The highest BCUT2D eigenvalue weighted by Gasteiger charge is 2.34. The first-order valence-electron chi connectivity index (χ1n) is 12.3. The van der Waals surface area contributed by atoms with Crippen molar-refractivity contribution in [3.63, 3.8) is 0 Å². The van der Waals surface area contributed by atoms with Gasteiger partial charge >= 0.3 is 6.09 Å². The molecule has 3 heterocycles. The summed E-state index contributed by atoms with van der Waals surface area (Å²) in [6.45, 7) is 1.84. The molecule has 9 heteroatoms. The number of cyclic esters (lactones) is 1. The lowest BCUT2D eigenvalue weighted by Crippen LogP contribution is -2.50. The van der Waals surface area contributed by atoms with E-state index in [0.717, 1.165) is 40.4 Å². The maximum absolute atomic E-state index is 13.0. The SMILES string of the molecule is COc1cc2c(cc1NC(=O)CN1CCC(N3C(=O)OCc4cc(Cl)ccc43)CC1)oc1ccccc12. The number of para-hydroxylation sites is 1. The number of hydrogen-bond donors (Lipinski definition) is 1. The van der Waals surface area contributed by atoms with Crippen molar-refractivity contribution in [1.29, 1.82) is 0 Å². The number of nitrogens with one attached hydrogen (secondary N) is 1. The van der Waals surface area contributed by atoms with Gasteiger partial charge in [-0.1, -0.05) is 29.8 Å². The number of carbonyl (C=O) groups is 2. The van der Waals surface area contributed by atoms with Gasteiger partial charge in [0.25, 0.3) is 0 Å². The molecule has 190 valence electrons. The molecule has 6 rings (SSSR count). The van der Waals surface area contributed by atoms with Gasteiger partial charge in [-0.25, -0.2) is 4.79 Å². The third-order valence-electron chi connectivity index (χ3n) is 7.11. The topological polar surface area (TPSA) is 84.2 Å². The van der Waals surface area contributed by atoms with Crippen LogP contribution in [0.4, 0.5) is 16.2 Å². The van der Waals surface area contributed by atoms with E-state index in [2.05, 4.69) is 10.2 Å². The molecule has 1 fully saturated rings. The van der Waals surface area contributed by atoms with Gasteiger partial charge in [0.15, 0.2) is 0 Å². The number of fused-ring (bicyclic) bond motifs is 4. The molecule has 1 saturated heterocycles. The second-order valence-electron chi connectivity index (χ2n) is 9.40. The van der Waals surface area contributed by atoms with Crippen LogP contribution < -0.4 is 15.0 Å². The molecule has 2 aliphatic rings. The summed E-state index contributed by atoms with van der Waals surface area (Å²) in [4.78, 5) is 29.4. The number of methoxy groups -OCH3 is 1. The van der Waals surface area contributed by atoms with Crippen molar-refractivity contribution in [2.45, 2.75) is 25.5 Å². The summed E-state index contributed by atoms with van der Waals surface area (Å²) >= 11 is 6.12. The molecule has 4 aromatic rings. The van der Waals surface area contributed by atoms with E-state index < -0.39 is 0 Å². The van der Waals surface area contributed by atoms with Crippen LogP contribution in [-0.2, 0) is 16.1 Å². The average Bonchev–Trinajstić information content (AvgIpc) is 3.26. The molecule has 2 aliphatic heterocycles. The first-order chi connectivity index (χ1) is 18.0. The first-order valence-corrected chi connectivity index (χ1v) is 12.6. The van der Waals surface area contributed by atoms with Crippen molar-refractivity contribution in [1.82, 2.24) is 4.90 Å². The van der Waals surface area contributed by atoms with Gasteiger partial charge in [-0.2, -0.15) is 0 Å². The van der Waals surface area contributed by atoms with Gasteiger partial charge < -0.3 is 19.2 Å². The van der Waals surface area contributed by atoms with Crippen LogP contribution in [0, 0.1) is 0 Å². The zero-order valence-electron chi connectivity index (χ0n) is 20.3. The largest absolute Gasteiger partial charge is 0.495 e. The van der Waals surface area contributed by atoms with E-state index in [1.807, 2.05) is 48.5 Å². The van der Waals surface area contributed by atoms with Crippen LogP contribution in [0.3, 0.4) is 0 Å². The third kappa shape index (κ3) is 4.47. The highest BCUT2D eigenvalue weighted by molar-refractivity contribution is 6.30. The Labute approximate surface area is 218 Å². The van der Waals surface area contributed by atoms with Crippen molar-refractivity contribution >= 4 is 56.9 Å². The van der Waals surface area contributed by atoms with Gasteiger partial charge in [0, 0.05) is 46.6 Å². The number of rotatable bonds is 5. The van der Waals surface area contributed by atoms with Gasteiger partial charge in [0.05, 0.1) is 25.0 Å². The Balaban J connectivity index is 1.12. The Morgan fingerprint density at radius 1 is 1.08 bits per heavy atom. The quantitative estimate of drug-likeness (QED) is 0.358. The van der Waals surface area contributed by atoms with Crippen molar-refractivity contribution < 1.29 is 23.5 Å². The number of amides is 2. The fraction of sp³-hybridized carbons (Fsp3) is 0.286. The Morgan fingerprint density at radius 2 is 1.89 bits per heavy atom. The minimum absolute atomic E-state index is 0.00243. The van der Waals surface area contributed by atoms with Crippen molar-refractivity contribution in [3.05, 3.63) is 65.2 Å². The average molecular weight is 520 g/mol. The standard InChI is InChI=1S/C28H26ClN3O5/c1-35-26-13-21-20-4-2-3-5-24(20)37-25(21)14-22(26)30-27(33)15-31-10-8-19(9-11-31)32-23-7-6-18(29)12-17(23)16-36-28(32)34/h2-7,12-14,19H,8-11,15-16H2,1H3,(H,30,33). The van der Waals surface area contributed by atoms with Gasteiger partial charge in [0.2, 0.25) is 5.91 Å². The Kier molecular flexibility index (Phi) is 6.14. The minimum atomic E-state index is -0.334. The third-order valence-corrected chi connectivity index (χ3v) is 7.35. The lowest BCUT2D eigenvalue weighted by molar-refractivity contribution is -0.117. The maximum Gasteiger partial charge on any atom is 0.414 e. The van der Waals surface area contributed by atoms with Gasteiger partial charge in [-0.15, -0.1) is 0 Å². The number of ether oxygens (including phenoxy) is 2. The fourth-order valence-electron chi connectivity index (χ4n) is 5.30. The highest BCUT2D eigenvalue weighted by Crippen LogP contribution is 2.37. The molecule has 0 aliphatic carbocycles. The predicted octanol–water partition coefficient (Wildman–Crippen LogP) is 5.81. The number of piperidine rings is 1. The molecule has 0 saturated carbocycles. The molecule has 0 atom stereocenters. The van der Waals surface area contributed by atoms with Crippen LogP contribution in [0.1, 0.15) is 18.4 Å². The summed E-state index contributed by atoms with van der Waals surface area (Å²) in [6.07, 6.45) is 1.14. The molecule has 3 aromatic carbocycles. The van der Waals surface area contributed by atoms with Gasteiger partial charge in [-0.05, 0) is 43.2 Å². The zero-order chi connectivity index (χ0) is 25.5. The van der Waals surface area contributed by atoms with E-state index in [1.54, 1.807) is 18.1 Å². The molecular formula is C28H26ClN3O5. The molecule has 0 unspecified atom stereocenters. The zero-order valence-corrected chi connectivity index (χ0v) is 21.1. The Hall–Kier alpha value is -3.75. The molecule has 8 nitrogen and oxygen atoms in total. The number of carbonyl (C=O) groups excluding carboxylic acids is 2. The Morgan fingerprint density at radius 3 is 2.70 bits per heavy atom. The van der Waals surface area contributed by atoms with Crippen molar-refractivity contribution in [2.75, 3.05) is 37.0 Å². The molecular weight excluding hydrogens is 494 g/mol. The summed E-state index contributed by atoms with van der Waals surface area (Å²) in [5.74, 6) is 0.443. The number of likely N-dealkylation sites (tertiary alicyclic amines) is 1. The lowest BCUT2D eigenvalue weighted by atomic mass is 10.0. The van der Waals surface area contributed by atoms with E-state index in [1.165, 1.54) is 0 Å². The van der Waals surface area contributed by atoms with Gasteiger partial charge in [0.1, 0.15) is 23.5 Å². The van der Waals surface area contributed by atoms with Crippen molar-refractivity contribution in [2.24, 2.45) is 0 Å². The summed E-state index contributed by atoms with van der Waals surface area (Å²) in [6, 6.07) is 17.0. The van der Waals surface area contributed by atoms with E-state index in [-0.39, 0.29) is 31.2 Å². The van der Waals surface area contributed by atoms with Crippen LogP contribution in [-0.4, -0.2) is 49.7 Å². The molecule has 2 amide bonds. The number of anilines is 2.